The molecule has 16 heavy (non-hydrogen) atoms. The summed E-state index contributed by atoms with van der Waals surface area (Å²) in [5.74, 6) is 1.56. The van der Waals surface area contributed by atoms with Crippen LogP contribution in [0, 0.1) is 5.92 Å². The lowest BCUT2D eigenvalue weighted by molar-refractivity contribution is 0.292. The van der Waals surface area contributed by atoms with Crippen molar-refractivity contribution in [2.45, 2.75) is 20.3 Å². The monoisotopic (exact) mass is 215 g/mol. The van der Waals surface area contributed by atoms with E-state index in [0.29, 0.717) is 5.92 Å². The Morgan fingerprint density at radius 1 is 1.19 bits per heavy atom. The summed E-state index contributed by atoms with van der Waals surface area (Å²) >= 11 is 0. The first-order valence-electron chi connectivity index (χ1n) is 5.73. The maximum absolute atomic E-state index is 5.77. The number of pyridine rings is 1. The van der Waals surface area contributed by atoms with E-state index in [1.54, 1.807) is 6.20 Å². The zero-order chi connectivity index (χ0) is 11.4. The summed E-state index contributed by atoms with van der Waals surface area (Å²) in [5, 5.41) is 2.27. The Morgan fingerprint density at radius 3 is 2.81 bits per heavy atom. The molecule has 0 bridgehead atoms. The van der Waals surface area contributed by atoms with Gasteiger partial charge >= 0.3 is 0 Å². The largest absolute Gasteiger partial charge is 0.491 e. The second-order valence-electron chi connectivity index (χ2n) is 4.39. The van der Waals surface area contributed by atoms with E-state index in [4.69, 9.17) is 4.74 Å². The molecule has 1 aromatic carbocycles. The SMILES string of the molecule is CC(C)CCOc1cncc2ccccc12. The number of aromatic nitrogens is 1. The zero-order valence-corrected chi connectivity index (χ0v) is 9.81. The highest BCUT2D eigenvalue weighted by Crippen LogP contribution is 2.23. The standard InChI is InChI=1S/C14H17NO/c1-11(2)7-8-16-14-10-15-9-12-5-3-4-6-13(12)14/h3-6,9-11H,7-8H2,1-2H3. The fraction of sp³-hybridized carbons (Fsp3) is 0.357. The van der Waals surface area contributed by atoms with Crippen LogP contribution in [0.3, 0.4) is 0 Å². The van der Waals surface area contributed by atoms with E-state index >= 15 is 0 Å². The molecule has 0 N–H and O–H groups in total. The van der Waals surface area contributed by atoms with Gasteiger partial charge in [0, 0.05) is 17.0 Å². The number of ether oxygens (including phenoxy) is 1. The van der Waals surface area contributed by atoms with Crippen molar-refractivity contribution in [2.24, 2.45) is 5.92 Å². The molecule has 2 heteroatoms. The van der Waals surface area contributed by atoms with Gasteiger partial charge in [-0.1, -0.05) is 38.1 Å². The van der Waals surface area contributed by atoms with Crippen molar-refractivity contribution in [2.75, 3.05) is 6.61 Å². The number of fused-ring (bicyclic) bond motifs is 1. The fourth-order valence-electron chi connectivity index (χ4n) is 1.61. The quantitative estimate of drug-likeness (QED) is 0.776. The van der Waals surface area contributed by atoms with Crippen LogP contribution in [0.4, 0.5) is 0 Å². The Kier molecular flexibility index (Phi) is 3.40. The van der Waals surface area contributed by atoms with Gasteiger partial charge in [0.15, 0.2) is 0 Å². The predicted molar refractivity (Wildman–Crippen MR) is 66.7 cm³/mol. The summed E-state index contributed by atoms with van der Waals surface area (Å²) < 4.78 is 5.77. The molecule has 0 atom stereocenters. The number of hydrogen-bond donors (Lipinski definition) is 0. The number of hydrogen-bond acceptors (Lipinski definition) is 2. The minimum Gasteiger partial charge on any atom is -0.491 e. The lowest BCUT2D eigenvalue weighted by Crippen LogP contribution is -2.01. The molecule has 0 aliphatic rings. The van der Waals surface area contributed by atoms with Gasteiger partial charge in [0.1, 0.15) is 5.75 Å². The summed E-state index contributed by atoms with van der Waals surface area (Å²) in [6.45, 7) is 5.16. The van der Waals surface area contributed by atoms with Gasteiger partial charge in [0.25, 0.3) is 0 Å². The molecule has 0 radical (unpaired) electrons. The summed E-state index contributed by atoms with van der Waals surface area (Å²) in [6.07, 6.45) is 4.73. The lowest BCUT2D eigenvalue weighted by atomic mass is 10.1. The van der Waals surface area contributed by atoms with Gasteiger partial charge < -0.3 is 4.74 Å². The third kappa shape index (κ3) is 2.51. The first kappa shape index (κ1) is 10.9. The highest BCUT2D eigenvalue weighted by molar-refractivity contribution is 5.87. The Morgan fingerprint density at radius 2 is 2.00 bits per heavy atom. The van der Waals surface area contributed by atoms with Gasteiger partial charge in [-0.3, -0.25) is 4.98 Å². The van der Waals surface area contributed by atoms with Crippen LogP contribution in [0.25, 0.3) is 10.8 Å². The van der Waals surface area contributed by atoms with Crippen molar-refractivity contribution in [3.8, 4) is 5.75 Å². The molecule has 2 aromatic rings. The molecule has 1 aromatic heterocycles. The predicted octanol–water partition coefficient (Wildman–Crippen LogP) is 3.66. The van der Waals surface area contributed by atoms with Crippen LogP contribution in [-0.4, -0.2) is 11.6 Å². The molecule has 0 unspecified atom stereocenters. The average Bonchev–Trinajstić information content (AvgIpc) is 2.29. The number of benzene rings is 1. The van der Waals surface area contributed by atoms with E-state index in [2.05, 4.69) is 31.0 Å². The molecule has 0 spiro atoms. The number of nitrogens with zero attached hydrogens (tertiary/aromatic N) is 1. The highest BCUT2D eigenvalue weighted by Gasteiger charge is 2.02. The van der Waals surface area contributed by atoms with Crippen molar-refractivity contribution >= 4 is 10.8 Å². The van der Waals surface area contributed by atoms with E-state index in [1.165, 1.54) is 0 Å². The maximum atomic E-state index is 5.77. The Hall–Kier alpha value is -1.57. The second kappa shape index (κ2) is 4.97. The molecule has 0 aliphatic heterocycles. The first-order chi connectivity index (χ1) is 7.77. The average molecular weight is 215 g/mol. The van der Waals surface area contributed by atoms with Gasteiger partial charge in [0.05, 0.1) is 12.8 Å². The van der Waals surface area contributed by atoms with Crippen LogP contribution in [0.1, 0.15) is 20.3 Å². The van der Waals surface area contributed by atoms with Gasteiger partial charge in [-0.15, -0.1) is 0 Å². The van der Waals surface area contributed by atoms with Gasteiger partial charge in [-0.2, -0.15) is 0 Å². The van der Waals surface area contributed by atoms with Gasteiger partial charge in [-0.05, 0) is 12.3 Å². The minimum atomic E-state index is 0.669. The van der Waals surface area contributed by atoms with E-state index in [9.17, 15) is 0 Å². The normalized spacial score (nSPS) is 10.9. The first-order valence-corrected chi connectivity index (χ1v) is 5.73. The van der Waals surface area contributed by atoms with Crippen molar-refractivity contribution in [3.63, 3.8) is 0 Å². The molecule has 0 amide bonds. The van der Waals surface area contributed by atoms with Crippen molar-refractivity contribution in [3.05, 3.63) is 36.7 Å². The Bertz CT molecular complexity index is 460. The molecule has 0 saturated carbocycles. The summed E-state index contributed by atoms with van der Waals surface area (Å²) in [5.41, 5.74) is 0. The van der Waals surface area contributed by atoms with E-state index in [-0.39, 0.29) is 0 Å². The van der Waals surface area contributed by atoms with Crippen LogP contribution in [0.15, 0.2) is 36.7 Å². The van der Waals surface area contributed by atoms with Gasteiger partial charge in [0.2, 0.25) is 0 Å². The Balaban J connectivity index is 2.17. The van der Waals surface area contributed by atoms with Crippen LogP contribution < -0.4 is 4.74 Å². The molecule has 0 saturated heterocycles. The van der Waals surface area contributed by atoms with Crippen molar-refractivity contribution in [1.82, 2.24) is 4.98 Å². The molecular formula is C14H17NO. The van der Waals surface area contributed by atoms with Crippen molar-refractivity contribution < 1.29 is 4.74 Å². The van der Waals surface area contributed by atoms with Crippen LogP contribution in [0.5, 0.6) is 5.75 Å². The molecule has 0 aliphatic carbocycles. The summed E-state index contributed by atoms with van der Waals surface area (Å²) in [4.78, 5) is 4.19. The van der Waals surface area contributed by atoms with Crippen LogP contribution >= 0.6 is 0 Å². The molecular weight excluding hydrogens is 198 g/mol. The van der Waals surface area contributed by atoms with Crippen LogP contribution in [-0.2, 0) is 0 Å². The van der Waals surface area contributed by atoms with E-state index < -0.39 is 0 Å². The number of rotatable bonds is 4. The summed E-state index contributed by atoms with van der Waals surface area (Å²) in [6, 6.07) is 8.17. The molecule has 2 rings (SSSR count). The molecule has 0 fully saturated rings. The van der Waals surface area contributed by atoms with E-state index in [1.807, 2.05) is 18.3 Å². The third-order valence-electron chi connectivity index (χ3n) is 2.58. The van der Waals surface area contributed by atoms with Gasteiger partial charge in [-0.25, -0.2) is 0 Å². The highest BCUT2D eigenvalue weighted by atomic mass is 16.5. The van der Waals surface area contributed by atoms with Crippen LogP contribution in [0.2, 0.25) is 0 Å². The molecule has 1 heterocycles. The van der Waals surface area contributed by atoms with Crippen molar-refractivity contribution in [1.29, 1.82) is 0 Å². The Labute approximate surface area is 96.3 Å². The minimum absolute atomic E-state index is 0.669. The fourth-order valence-corrected chi connectivity index (χ4v) is 1.61. The molecule has 2 nitrogen and oxygen atoms in total. The topological polar surface area (TPSA) is 22.1 Å². The zero-order valence-electron chi connectivity index (χ0n) is 9.81. The van der Waals surface area contributed by atoms with E-state index in [0.717, 1.165) is 29.5 Å². The molecule has 84 valence electrons. The smallest absolute Gasteiger partial charge is 0.145 e. The maximum Gasteiger partial charge on any atom is 0.145 e. The lowest BCUT2D eigenvalue weighted by Gasteiger charge is -2.09. The second-order valence-corrected chi connectivity index (χ2v) is 4.39. The summed E-state index contributed by atoms with van der Waals surface area (Å²) in [7, 11) is 0. The third-order valence-corrected chi connectivity index (χ3v) is 2.58.